The first-order valence-corrected chi connectivity index (χ1v) is 6.37. The van der Waals surface area contributed by atoms with E-state index in [4.69, 9.17) is 14.7 Å². The highest BCUT2D eigenvalue weighted by molar-refractivity contribution is 9.10. The molecule has 3 aromatic rings. The van der Waals surface area contributed by atoms with Crippen LogP contribution in [0.1, 0.15) is 5.56 Å². The van der Waals surface area contributed by atoms with Gasteiger partial charge in [0.15, 0.2) is 5.76 Å². The molecule has 96 valence electrons. The maximum atomic E-state index is 5.78. The van der Waals surface area contributed by atoms with E-state index in [-0.39, 0.29) is 0 Å². The number of benzene rings is 1. The van der Waals surface area contributed by atoms with E-state index in [2.05, 4.69) is 26.1 Å². The first-order chi connectivity index (χ1) is 9.13. The third-order valence-corrected chi connectivity index (χ3v) is 3.12. The number of aryl methyl sites for hydroxylation is 1. The molecular formula is C13H10BrN3O2. The highest BCUT2D eigenvalue weighted by Gasteiger charge is 2.15. The van der Waals surface area contributed by atoms with Gasteiger partial charge in [0.2, 0.25) is 5.82 Å². The molecule has 2 heterocycles. The summed E-state index contributed by atoms with van der Waals surface area (Å²) in [4.78, 5) is 4.32. The molecule has 2 aromatic heterocycles. The van der Waals surface area contributed by atoms with E-state index in [9.17, 15) is 0 Å². The average molecular weight is 320 g/mol. The summed E-state index contributed by atoms with van der Waals surface area (Å²) >= 11 is 3.38. The minimum Gasteiger partial charge on any atom is -0.461 e. The molecule has 0 atom stereocenters. The molecule has 2 N–H and O–H groups in total. The zero-order valence-corrected chi connectivity index (χ0v) is 11.6. The standard InChI is InChI=1S/C13H10BrN3O2/c1-7-2-3-18-11(7)12-16-13(19-17-12)8-4-9(14)6-10(15)5-8/h2-6H,15H2,1H3. The molecular weight excluding hydrogens is 310 g/mol. The largest absolute Gasteiger partial charge is 0.461 e. The van der Waals surface area contributed by atoms with E-state index in [0.29, 0.717) is 23.2 Å². The molecule has 0 aliphatic rings. The van der Waals surface area contributed by atoms with Gasteiger partial charge < -0.3 is 14.7 Å². The summed E-state index contributed by atoms with van der Waals surface area (Å²) < 4.78 is 11.4. The number of anilines is 1. The smallest absolute Gasteiger partial charge is 0.258 e. The molecule has 0 fully saturated rings. The molecule has 1 aromatic carbocycles. The molecule has 19 heavy (non-hydrogen) atoms. The molecule has 0 saturated heterocycles. The molecule has 5 nitrogen and oxygen atoms in total. The lowest BCUT2D eigenvalue weighted by molar-refractivity contribution is 0.429. The first-order valence-electron chi connectivity index (χ1n) is 5.58. The van der Waals surface area contributed by atoms with Crippen molar-refractivity contribution >= 4 is 21.6 Å². The number of aromatic nitrogens is 2. The normalized spacial score (nSPS) is 10.8. The Morgan fingerprint density at radius 1 is 1.26 bits per heavy atom. The fourth-order valence-electron chi connectivity index (χ4n) is 1.77. The highest BCUT2D eigenvalue weighted by Crippen LogP contribution is 2.28. The first kappa shape index (κ1) is 12.0. The second-order valence-electron chi connectivity index (χ2n) is 4.13. The van der Waals surface area contributed by atoms with Crippen molar-refractivity contribution < 1.29 is 8.94 Å². The van der Waals surface area contributed by atoms with Crippen LogP contribution in [0.3, 0.4) is 0 Å². The summed E-state index contributed by atoms with van der Waals surface area (Å²) in [6.07, 6.45) is 1.60. The fraction of sp³-hybridized carbons (Fsp3) is 0.0769. The molecule has 6 heteroatoms. The average Bonchev–Trinajstić information content (AvgIpc) is 2.95. The van der Waals surface area contributed by atoms with Crippen LogP contribution in [0.15, 0.2) is 43.9 Å². The maximum Gasteiger partial charge on any atom is 0.258 e. The van der Waals surface area contributed by atoms with E-state index in [0.717, 1.165) is 15.6 Å². The summed E-state index contributed by atoms with van der Waals surface area (Å²) in [5.74, 6) is 1.44. The van der Waals surface area contributed by atoms with Crippen molar-refractivity contribution in [2.45, 2.75) is 6.92 Å². The van der Waals surface area contributed by atoms with Crippen LogP contribution in [0.25, 0.3) is 23.0 Å². The van der Waals surface area contributed by atoms with Gasteiger partial charge in [-0.3, -0.25) is 0 Å². The molecule has 3 rings (SSSR count). The van der Waals surface area contributed by atoms with Gasteiger partial charge in [0, 0.05) is 15.7 Å². The van der Waals surface area contributed by atoms with Crippen LogP contribution in [0.5, 0.6) is 0 Å². The molecule has 0 bridgehead atoms. The van der Waals surface area contributed by atoms with Gasteiger partial charge in [0.1, 0.15) is 0 Å². The van der Waals surface area contributed by atoms with E-state index in [1.165, 1.54) is 0 Å². The Hall–Kier alpha value is -2.08. The third kappa shape index (κ3) is 2.26. The summed E-state index contributed by atoms with van der Waals surface area (Å²) in [6.45, 7) is 1.92. The Balaban J connectivity index is 2.04. The maximum absolute atomic E-state index is 5.78. The quantitative estimate of drug-likeness (QED) is 0.729. The van der Waals surface area contributed by atoms with Crippen molar-refractivity contribution in [1.29, 1.82) is 0 Å². The predicted octanol–water partition coefficient (Wildman–Crippen LogP) is 3.65. The summed E-state index contributed by atoms with van der Waals surface area (Å²) in [5, 5.41) is 3.92. The molecule has 0 radical (unpaired) electrons. The van der Waals surface area contributed by atoms with Gasteiger partial charge in [-0.2, -0.15) is 4.98 Å². The van der Waals surface area contributed by atoms with Crippen molar-refractivity contribution in [3.63, 3.8) is 0 Å². The number of nitrogens with two attached hydrogens (primary N) is 1. The zero-order chi connectivity index (χ0) is 13.4. The van der Waals surface area contributed by atoms with E-state index in [1.54, 1.807) is 18.4 Å². The fourth-order valence-corrected chi connectivity index (χ4v) is 2.28. The highest BCUT2D eigenvalue weighted by atomic mass is 79.9. The van der Waals surface area contributed by atoms with Crippen molar-refractivity contribution in [3.05, 3.63) is 40.6 Å². The van der Waals surface area contributed by atoms with Crippen LogP contribution in [0, 0.1) is 6.92 Å². The van der Waals surface area contributed by atoms with Crippen molar-refractivity contribution in [3.8, 4) is 23.0 Å². The zero-order valence-electron chi connectivity index (χ0n) is 10.1. The molecule has 0 unspecified atom stereocenters. The molecule has 0 aliphatic carbocycles. The van der Waals surface area contributed by atoms with Crippen LogP contribution >= 0.6 is 15.9 Å². The van der Waals surface area contributed by atoms with Gasteiger partial charge in [0.25, 0.3) is 5.89 Å². The Morgan fingerprint density at radius 3 is 2.79 bits per heavy atom. The Kier molecular flexibility index (Phi) is 2.87. The second-order valence-corrected chi connectivity index (χ2v) is 5.04. The number of furan rings is 1. The van der Waals surface area contributed by atoms with Crippen LogP contribution in [0.2, 0.25) is 0 Å². The lowest BCUT2D eigenvalue weighted by atomic mass is 10.2. The number of nitrogens with zero attached hydrogens (tertiary/aromatic N) is 2. The van der Waals surface area contributed by atoms with E-state index >= 15 is 0 Å². The number of halogens is 1. The van der Waals surface area contributed by atoms with Crippen LogP contribution in [-0.2, 0) is 0 Å². The monoisotopic (exact) mass is 319 g/mol. The number of hydrogen-bond donors (Lipinski definition) is 1. The lowest BCUT2D eigenvalue weighted by Gasteiger charge is -1.98. The van der Waals surface area contributed by atoms with E-state index < -0.39 is 0 Å². The second kappa shape index (κ2) is 4.55. The number of hydrogen-bond acceptors (Lipinski definition) is 5. The predicted molar refractivity (Wildman–Crippen MR) is 74.3 cm³/mol. The molecule has 0 aliphatic heterocycles. The molecule has 0 spiro atoms. The van der Waals surface area contributed by atoms with Crippen LogP contribution in [0.4, 0.5) is 5.69 Å². The van der Waals surface area contributed by atoms with Gasteiger partial charge in [-0.15, -0.1) is 0 Å². The number of nitrogen functional groups attached to an aromatic ring is 1. The summed E-state index contributed by atoms with van der Waals surface area (Å²) in [5.41, 5.74) is 8.13. The molecule has 0 saturated carbocycles. The van der Waals surface area contributed by atoms with Crippen LogP contribution < -0.4 is 5.73 Å². The minimum absolute atomic E-state index is 0.402. The minimum atomic E-state index is 0.402. The summed E-state index contributed by atoms with van der Waals surface area (Å²) in [7, 11) is 0. The Bertz CT molecular complexity index is 713. The SMILES string of the molecule is Cc1ccoc1-c1noc(-c2cc(N)cc(Br)c2)n1. The van der Waals surface area contributed by atoms with Crippen molar-refractivity contribution in [2.24, 2.45) is 0 Å². The Morgan fingerprint density at radius 2 is 2.11 bits per heavy atom. The Labute approximate surface area is 117 Å². The van der Waals surface area contributed by atoms with Gasteiger partial charge in [-0.05, 0) is 36.8 Å². The molecule has 0 amide bonds. The summed E-state index contributed by atoms with van der Waals surface area (Å²) in [6, 6.07) is 7.29. The van der Waals surface area contributed by atoms with Gasteiger partial charge in [0.05, 0.1) is 6.26 Å². The van der Waals surface area contributed by atoms with Gasteiger partial charge in [-0.1, -0.05) is 21.1 Å². The van der Waals surface area contributed by atoms with Gasteiger partial charge in [-0.25, -0.2) is 0 Å². The van der Waals surface area contributed by atoms with Crippen molar-refractivity contribution in [1.82, 2.24) is 10.1 Å². The van der Waals surface area contributed by atoms with Crippen molar-refractivity contribution in [2.75, 3.05) is 5.73 Å². The van der Waals surface area contributed by atoms with Gasteiger partial charge >= 0.3 is 0 Å². The van der Waals surface area contributed by atoms with E-state index in [1.807, 2.05) is 19.1 Å². The third-order valence-electron chi connectivity index (χ3n) is 2.66. The number of rotatable bonds is 2. The lowest BCUT2D eigenvalue weighted by Crippen LogP contribution is -1.86. The van der Waals surface area contributed by atoms with Crippen LogP contribution in [-0.4, -0.2) is 10.1 Å². The topological polar surface area (TPSA) is 78.1 Å².